The normalized spacial score (nSPS) is 12.2. The number of nitrogens with zero attached hydrogens (tertiary/aromatic N) is 5. The molecule has 0 radical (unpaired) electrons. The minimum absolute atomic E-state index is 0.395. The molecule has 0 spiro atoms. The summed E-state index contributed by atoms with van der Waals surface area (Å²) in [4.78, 5) is 4.05. The van der Waals surface area contributed by atoms with Gasteiger partial charge in [-0.15, -0.1) is 0 Å². The van der Waals surface area contributed by atoms with E-state index in [4.69, 9.17) is 0 Å². The fourth-order valence-electron chi connectivity index (χ4n) is 1.58. The summed E-state index contributed by atoms with van der Waals surface area (Å²) >= 11 is 0. The van der Waals surface area contributed by atoms with Gasteiger partial charge in [-0.3, -0.25) is 0 Å². The summed E-state index contributed by atoms with van der Waals surface area (Å²) in [5.74, 6) is 0. The first kappa shape index (κ1) is 10.8. The SMILES string of the molecule is FC(F)(F)c1cnn(-c2cnn3cccnc23)c1. The van der Waals surface area contributed by atoms with Crippen LogP contribution in [0.1, 0.15) is 5.56 Å². The standard InChI is InChI=1S/C10H6F3N5/c11-10(12,13)7-4-15-18(6-7)8-5-16-17-3-1-2-14-9(8)17/h1-6H. The van der Waals surface area contributed by atoms with E-state index in [1.54, 1.807) is 12.3 Å². The van der Waals surface area contributed by atoms with Crippen molar-refractivity contribution in [3.63, 3.8) is 0 Å². The molecule has 0 aliphatic heterocycles. The summed E-state index contributed by atoms with van der Waals surface area (Å²) in [5, 5.41) is 7.66. The molecule has 3 heterocycles. The molecular weight excluding hydrogens is 247 g/mol. The van der Waals surface area contributed by atoms with E-state index in [9.17, 15) is 13.2 Å². The fraction of sp³-hybridized carbons (Fsp3) is 0.100. The van der Waals surface area contributed by atoms with E-state index in [1.807, 2.05) is 0 Å². The molecule has 0 aliphatic carbocycles. The Bertz CT molecular complexity index is 697. The summed E-state index contributed by atoms with van der Waals surface area (Å²) in [6.45, 7) is 0. The highest BCUT2D eigenvalue weighted by Gasteiger charge is 2.32. The molecule has 3 rings (SSSR count). The molecule has 3 aromatic heterocycles. The van der Waals surface area contributed by atoms with Crippen LogP contribution in [0.4, 0.5) is 13.2 Å². The average Bonchev–Trinajstić information content (AvgIpc) is 2.94. The molecule has 3 aromatic rings. The van der Waals surface area contributed by atoms with Gasteiger partial charge in [0.05, 0.1) is 18.0 Å². The van der Waals surface area contributed by atoms with E-state index < -0.39 is 11.7 Å². The molecule has 0 saturated heterocycles. The maximum absolute atomic E-state index is 12.5. The van der Waals surface area contributed by atoms with Gasteiger partial charge in [0.15, 0.2) is 5.65 Å². The zero-order valence-corrected chi connectivity index (χ0v) is 8.83. The Labute approximate surface area is 98.5 Å². The number of alkyl halides is 3. The summed E-state index contributed by atoms with van der Waals surface area (Å²) in [6, 6.07) is 1.67. The van der Waals surface area contributed by atoms with E-state index in [1.165, 1.54) is 16.9 Å². The first-order valence-electron chi connectivity index (χ1n) is 4.96. The quantitative estimate of drug-likeness (QED) is 0.665. The molecule has 18 heavy (non-hydrogen) atoms. The second-order valence-corrected chi connectivity index (χ2v) is 3.59. The number of aromatic nitrogens is 5. The molecule has 8 heteroatoms. The summed E-state index contributed by atoms with van der Waals surface area (Å²) in [5.41, 5.74) is 0.0261. The van der Waals surface area contributed by atoms with E-state index in [-0.39, 0.29) is 0 Å². The predicted molar refractivity (Wildman–Crippen MR) is 55.1 cm³/mol. The van der Waals surface area contributed by atoms with Crippen molar-refractivity contribution in [1.82, 2.24) is 24.4 Å². The van der Waals surface area contributed by atoms with E-state index >= 15 is 0 Å². The third-order valence-electron chi connectivity index (χ3n) is 2.42. The van der Waals surface area contributed by atoms with Gasteiger partial charge in [-0.2, -0.15) is 23.4 Å². The Kier molecular flexibility index (Phi) is 2.12. The van der Waals surface area contributed by atoms with Gasteiger partial charge in [-0.1, -0.05) is 0 Å². The van der Waals surface area contributed by atoms with Gasteiger partial charge in [0.2, 0.25) is 0 Å². The lowest BCUT2D eigenvalue weighted by Gasteiger charge is -2.00. The largest absolute Gasteiger partial charge is 0.419 e. The Morgan fingerprint density at radius 1 is 1.11 bits per heavy atom. The van der Waals surface area contributed by atoms with E-state index in [0.717, 1.165) is 17.1 Å². The average molecular weight is 253 g/mol. The first-order chi connectivity index (χ1) is 8.55. The van der Waals surface area contributed by atoms with Crippen molar-refractivity contribution in [3.8, 4) is 5.69 Å². The molecule has 0 bridgehead atoms. The van der Waals surface area contributed by atoms with Crippen LogP contribution < -0.4 is 0 Å². The lowest BCUT2D eigenvalue weighted by molar-refractivity contribution is -0.137. The second-order valence-electron chi connectivity index (χ2n) is 3.59. The number of halogens is 3. The van der Waals surface area contributed by atoms with Crippen molar-refractivity contribution >= 4 is 5.65 Å². The smallest absolute Gasteiger partial charge is 0.235 e. The van der Waals surface area contributed by atoms with Crippen LogP contribution in [0.2, 0.25) is 0 Å². The van der Waals surface area contributed by atoms with Crippen molar-refractivity contribution in [2.75, 3.05) is 0 Å². The number of hydrogen-bond acceptors (Lipinski definition) is 3. The first-order valence-corrected chi connectivity index (χ1v) is 4.96. The van der Waals surface area contributed by atoms with Gasteiger partial charge in [-0.25, -0.2) is 14.2 Å². The summed E-state index contributed by atoms with van der Waals surface area (Å²) in [6.07, 6.45) is 1.87. The van der Waals surface area contributed by atoms with Gasteiger partial charge in [0, 0.05) is 18.6 Å². The zero-order valence-electron chi connectivity index (χ0n) is 8.83. The molecule has 0 atom stereocenters. The highest BCUT2D eigenvalue weighted by Crippen LogP contribution is 2.29. The highest BCUT2D eigenvalue weighted by atomic mass is 19.4. The van der Waals surface area contributed by atoms with Crippen LogP contribution in [-0.2, 0) is 6.18 Å². The van der Waals surface area contributed by atoms with Crippen molar-refractivity contribution in [2.24, 2.45) is 0 Å². The molecule has 0 N–H and O–H groups in total. The van der Waals surface area contributed by atoms with Crippen molar-refractivity contribution < 1.29 is 13.2 Å². The third-order valence-corrected chi connectivity index (χ3v) is 2.42. The van der Waals surface area contributed by atoms with Gasteiger partial charge < -0.3 is 0 Å². The molecule has 5 nitrogen and oxygen atoms in total. The molecule has 0 aliphatic rings. The molecule has 0 amide bonds. The minimum atomic E-state index is -4.41. The van der Waals surface area contributed by atoms with Crippen LogP contribution in [0, 0.1) is 0 Å². The van der Waals surface area contributed by atoms with E-state index in [0.29, 0.717) is 11.3 Å². The van der Waals surface area contributed by atoms with Crippen LogP contribution >= 0.6 is 0 Å². The second kappa shape index (κ2) is 3.56. The molecule has 92 valence electrons. The van der Waals surface area contributed by atoms with Crippen LogP contribution in [0.15, 0.2) is 37.1 Å². The lowest BCUT2D eigenvalue weighted by atomic mass is 10.3. The Hall–Kier alpha value is -2.38. The summed E-state index contributed by atoms with van der Waals surface area (Å²) in [7, 11) is 0. The van der Waals surface area contributed by atoms with Crippen molar-refractivity contribution in [2.45, 2.75) is 6.18 Å². The predicted octanol–water partition coefficient (Wildman–Crippen LogP) is 1.93. The van der Waals surface area contributed by atoms with Crippen LogP contribution in [0.25, 0.3) is 11.3 Å². The Morgan fingerprint density at radius 3 is 2.67 bits per heavy atom. The van der Waals surface area contributed by atoms with E-state index in [2.05, 4.69) is 15.2 Å². The van der Waals surface area contributed by atoms with Gasteiger partial charge in [0.25, 0.3) is 0 Å². The van der Waals surface area contributed by atoms with Gasteiger partial charge in [0.1, 0.15) is 5.69 Å². The zero-order chi connectivity index (χ0) is 12.8. The number of hydrogen-bond donors (Lipinski definition) is 0. The maximum atomic E-state index is 12.5. The number of rotatable bonds is 1. The monoisotopic (exact) mass is 253 g/mol. The third kappa shape index (κ3) is 1.62. The van der Waals surface area contributed by atoms with Gasteiger partial charge >= 0.3 is 6.18 Å². The Balaban J connectivity index is 2.13. The molecule has 0 fully saturated rings. The number of fused-ring (bicyclic) bond motifs is 1. The fourth-order valence-corrected chi connectivity index (χ4v) is 1.58. The van der Waals surface area contributed by atoms with Gasteiger partial charge in [-0.05, 0) is 6.07 Å². The molecule has 0 aromatic carbocycles. The summed E-state index contributed by atoms with van der Waals surface area (Å²) < 4.78 is 40.0. The maximum Gasteiger partial charge on any atom is 0.419 e. The molecule has 0 unspecified atom stereocenters. The molecular formula is C10H6F3N5. The highest BCUT2D eigenvalue weighted by molar-refractivity contribution is 5.57. The lowest BCUT2D eigenvalue weighted by Crippen LogP contribution is -2.03. The van der Waals surface area contributed by atoms with Crippen molar-refractivity contribution in [1.29, 1.82) is 0 Å². The topological polar surface area (TPSA) is 48.0 Å². The minimum Gasteiger partial charge on any atom is -0.235 e. The van der Waals surface area contributed by atoms with Crippen LogP contribution in [0.5, 0.6) is 0 Å². The Morgan fingerprint density at radius 2 is 1.94 bits per heavy atom. The van der Waals surface area contributed by atoms with Crippen LogP contribution in [-0.4, -0.2) is 24.4 Å². The molecule has 0 saturated carbocycles. The van der Waals surface area contributed by atoms with Crippen LogP contribution in [0.3, 0.4) is 0 Å². The van der Waals surface area contributed by atoms with Crippen molar-refractivity contribution in [3.05, 3.63) is 42.6 Å².